The lowest BCUT2D eigenvalue weighted by Gasteiger charge is -2.26. The minimum Gasteiger partial charge on any atom is -0.464 e. The molecule has 0 saturated carbocycles. The smallest absolute Gasteiger partial charge is 0.254 e. The molecule has 7 nitrogen and oxygen atoms in total. The third-order valence-corrected chi connectivity index (χ3v) is 5.52. The number of benzene rings is 1. The summed E-state index contributed by atoms with van der Waals surface area (Å²) in [5.41, 5.74) is 2.28. The molecule has 172 valence electrons. The highest BCUT2D eigenvalue weighted by molar-refractivity contribution is 5.97. The summed E-state index contributed by atoms with van der Waals surface area (Å²) >= 11 is 0. The zero-order valence-corrected chi connectivity index (χ0v) is 19.0. The molecule has 3 heterocycles. The van der Waals surface area contributed by atoms with Gasteiger partial charge in [0, 0.05) is 43.2 Å². The molecule has 1 aliphatic heterocycles. The summed E-state index contributed by atoms with van der Waals surface area (Å²) in [6.07, 6.45) is 4.78. The Kier molecular flexibility index (Phi) is 7.19. The molecule has 1 saturated heterocycles. The van der Waals surface area contributed by atoms with Crippen LogP contribution in [0.3, 0.4) is 0 Å². The maximum atomic E-state index is 13.4. The standard InChI is InChI=1S/C26H29N3O4/c1-19(2)14-28-15-23(33-18-20-6-4-10-27-13-20)16-29(17-25(28)30)26(31)22-8-3-7-21(12-22)24-9-5-11-32-24/h3-13,19,23H,14-18H2,1-2H3. The molecular weight excluding hydrogens is 418 g/mol. The number of rotatable bonds is 7. The molecule has 7 heteroatoms. The van der Waals surface area contributed by atoms with Crippen LogP contribution in [0.1, 0.15) is 29.8 Å². The molecular formula is C26H29N3O4. The van der Waals surface area contributed by atoms with E-state index < -0.39 is 0 Å². The number of ether oxygens (including phenoxy) is 1. The summed E-state index contributed by atoms with van der Waals surface area (Å²) in [6.45, 7) is 5.97. The van der Waals surface area contributed by atoms with Gasteiger partial charge in [-0.25, -0.2) is 0 Å². The fourth-order valence-corrected chi connectivity index (χ4v) is 3.98. The van der Waals surface area contributed by atoms with Crippen LogP contribution in [0.25, 0.3) is 11.3 Å². The lowest BCUT2D eigenvalue weighted by molar-refractivity contribution is -0.132. The summed E-state index contributed by atoms with van der Waals surface area (Å²) < 4.78 is 11.6. The Labute approximate surface area is 194 Å². The maximum absolute atomic E-state index is 13.4. The van der Waals surface area contributed by atoms with E-state index in [-0.39, 0.29) is 24.5 Å². The predicted molar refractivity (Wildman–Crippen MR) is 124 cm³/mol. The number of pyridine rings is 1. The lowest BCUT2D eigenvalue weighted by atomic mass is 10.1. The molecule has 1 aromatic carbocycles. The summed E-state index contributed by atoms with van der Waals surface area (Å²) in [7, 11) is 0. The second-order valence-electron chi connectivity index (χ2n) is 8.73. The van der Waals surface area contributed by atoms with Gasteiger partial charge in [0.1, 0.15) is 12.3 Å². The van der Waals surface area contributed by atoms with E-state index in [1.807, 2.05) is 41.3 Å². The minimum atomic E-state index is -0.299. The van der Waals surface area contributed by atoms with Crippen LogP contribution in [0.5, 0.6) is 0 Å². The Morgan fingerprint density at radius 1 is 1.18 bits per heavy atom. The van der Waals surface area contributed by atoms with Crippen molar-refractivity contribution < 1.29 is 18.7 Å². The van der Waals surface area contributed by atoms with Crippen LogP contribution in [0.15, 0.2) is 71.6 Å². The van der Waals surface area contributed by atoms with Crippen LogP contribution in [0, 0.1) is 5.92 Å². The van der Waals surface area contributed by atoms with Gasteiger partial charge in [-0.3, -0.25) is 14.6 Å². The molecule has 4 rings (SSSR count). The Balaban J connectivity index is 1.54. The Hall–Kier alpha value is -3.45. The first-order valence-corrected chi connectivity index (χ1v) is 11.2. The molecule has 1 aliphatic rings. The number of nitrogens with zero attached hydrogens (tertiary/aromatic N) is 3. The summed E-state index contributed by atoms with van der Waals surface area (Å²) in [4.78, 5) is 34.0. The van der Waals surface area contributed by atoms with E-state index in [2.05, 4.69) is 18.8 Å². The number of hydrogen-bond donors (Lipinski definition) is 0. The van der Waals surface area contributed by atoms with Crippen molar-refractivity contribution in [3.63, 3.8) is 0 Å². The van der Waals surface area contributed by atoms with Gasteiger partial charge >= 0.3 is 0 Å². The van der Waals surface area contributed by atoms with Crippen molar-refractivity contribution in [1.82, 2.24) is 14.8 Å². The van der Waals surface area contributed by atoms with Crippen LogP contribution < -0.4 is 0 Å². The first kappa shape index (κ1) is 22.7. The highest BCUT2D eigenvalue weighted by Gasteiger charge is 2.31. The van der Waals surface area contributed by atoms with Crippen molar-refractivity contribution in [3.8, 4) is 11.3 Å². The predicted octanol–water partition coefficient (Wildman–Crippen LogP) is 3.87. The number of furan rings is 1. The van der Waals surface area contributed by atoms with Gasteiger partial charge in [0.2, 0.25) is 5.91 Å². The van der Waals surface area contributed by atoms with Gasteiger partial charge in [-0.15, -0.1) is 0 Å². The largest absolute Gasteiger partial charge is 0.464 e. The summed E-state index contributed by atoms with van der Waals surface area (Å²) in [6, 6.07) is 14.8. The zero-order valence-electron chi connectivity index (χ0n) is 19.0. The summed E-state index contributed by atoms with van der Waals surface area (Å²) in [5.74, 6) is 0.752. The maximum Gasteiger partial charge on any atom is 0.254 e. The molecule has 0 spiro atoms. The van der Waals surface area contributed by atoms with Gasteiger partial charge < -0.3 is 19.0 Å². The van der Waals surface area contributed by atoms with E-state index in [1.165, 1.54) is 0 Å². The van der Waals surface area contributed by atoms with E-state index in [0.717, 1.165) is 11.1 Å². The van der Waals surface area contributed by atoms with Crippen LogP contribution in [0.4, 0.5) is 0 Å². The first-order chi connectivity index (χ1) is 16.0. The first-order valence-electron chi connectivity index (χ1n) is 11.2. The van der Waals surface area contributed by atoms with E-state index in [1.54, 1.807) is 35.7 Å². The topological polar surface area (TPSA) is 75.9 Å². The third kappa shape index (κ3) is 5.87. The Morgan fingerprint density at radius 3 is 2.79 bits per heavy atom. The van der Waals surface area contributed by atoms with Gasteiger partial charge in [0.15, 0.2) is 0 Å². The van der Waals surface area contributed by atoms with Crippen molar-refractivity contribution in [2.75, 3.05) is 26.2 Å². The zero-order chi connectivity index (χ0) is 23.2. The van der Waals surface area contributed by atoms with Gasteiger partial charge in [0.05, 0.1) is 19.0 Å². The van der Waals surface area contributed by atoms with Crippen molar-refractivity contribution in [1.29, 1.82) is 0 Å². The Bertz CT molecular complexity index is 1070. The number of carbonyl (C=O) groups is 2. The molecule has 1 atom stereocenters. The average Bonchev–Trinajstić information content (AvgIpc) is 3.31. The van der Waals surface area contributed by atoms with Crippen LogP contribution >= 0.6 is 0 Å². The second-order valence-corrected chi connectivity index (χ2v) is 8.73. The number of amides is 2. The molecule has 1 unspecified atom stereocenters. The van der Waals surface area contributed by atoms with E-state index in [4.69, 9.17) is 9.15 Å². The normalized spacial score (nSPS) is 16.8. The van der Waals surface area contributed by atoms with Crippen LogP contribution in [-0.2, 0) is 16.1 Å². The van der Waals surface area contributed by atoms with Gasteiger partial charge in [-0.05, 0) is 41.8 Å². The van der Waals surface area contributed by atoms with Gasteiger partial charge in [-0.1, -0.05) is 32.0 Å². The molecule has 0 aliphatic carbocycles. The molecule has 1 fully saturated rings. The SMILES string of the molecule is CC(C)CN1CC(OCc2cccnc2)CN(C(=O)c2cccc(-c3ccco3)c2)CC1=O. The molecule has 3 aromatic rings. The van der Waals surface area contributed by atoms with E-state index in [0.29, 0.717) is 43.5 Å². The third-order valence-electron chi connectivity index (χ3n) is 5.52. The second kappa shape index (κ2) is 10.4. The fourth-order valence-electron chi connectivity index (χ4n) is 3.98. The minimum absolute atomic E-state index is 0.0310. The number of carbonyl (C=O) groups excluding carboxylic acids is 2. The van der Waals surface area contributed by atoms with Gasteiger partial charge in [-0.2, -0.15) is 0 Å². The van der Waals surface area contributed by atoms with Crippen LogP contribution in [-0.4, -0.2) is 58.9 Å². The van der Waals surface area contributed by atoms with Crippen molar-refractivity contribution >= 4 is 11.8 Å². The number of aromatic nitrogens is 1. The van der Waals surface area contributed by atoms with Crippen molar-refractivity contribution in [3.05, 3.63) is 78.3 Å². The highest BCUT2D eigenvalue weighted by Crippen LogP contribution is 2.22. The molecule has 0 bridgehead atoms. The lowest BCUT2D eigenvalue weighted by Crippen LogP contribution is -2.40. The molecule has 2 aromatic heterocycles. The molecule has 2 amide bonds. The van der Waals surface area contributed by atoms with E-state index >= 15 is 0 Å². The molecule has 33 heavy (non-hydrogen) atoms. The highest BCUT2D eigenvalue weighted by atomic mass is 16.5. The van der Waals surface area contributed by atoms with Crippen molar-refractivity contribution in [2.45, 2.75) is 26.6 Å². The quantitative estimate of drug-likeness (QED) is 0.550. The van der Waals surface area contributed by atoms with Gasteiger partial charge in [0.25, 0.3) is 5.91 Å². The van der Waals surface area contributed by atoms with Crippen LogP contribution in [0.2, 0.25) is 0 Å². The Morgan fingerprint density at radius 2 is 2.06 bits per heavy atom. The van der Waals surface area contributed by atoms with Crippen molar-refractivity contribution in [2.24, 2.45) is 5.92 Å². The summed E-state index contributed by atoms with van der Waals surface area (Å²) in [5, 5.41) is 0. The van der Waals surface area contributed by atoms with E-state index in [9.17, 15) is 9.59 Å². The fraction of sp³-hybridized carbons (Fsp3) is 0.346. The molecule has 0 radical (unpaired) electrons. The number of hydrogen-bond acceptors (Lipinski definition) is 5. The monoisotopic (exact) mass is 447 g/mol. The average molecular weight is 448 g/mol. The molecule has 0 N–H and O–H groups in total.